The molecule has 0 atom stereocenters. The molecule has 0 spiro atoms. The van der Waals surface area contributed by atoms with Crippen molar-refractivity contribution in [1.29, 1.82) is 0 Å². The molecule has 1 N–H and O–H groups in total. The van der Waals surface area contributed by atoms with E-state index in [1.54, 1.807) is 28.9 Å². The summed E-state index contributed by atoms with van der Waals surface area (Å²) < 4.78 is 10.2. The number of benzene rings is 1. The van der Waals surface area contributed by atoms with Gasteiger partial charge in [-0.05, 0) is 31.5 Å². The van der Waals surface area contributed by atoms with Gasteiger partial charge in [0.15, 0.2) is 0 Å². The summed E-state index contributed by atoms with van der Waals surface area (Å²) in [6.07, 6.45) is -0.625. The number of rotatable bonds is 5. The van der Waals surface area contributed by atoms with E-state index in [0.29, 0.717) is 44.2 Å². The Morgan fingerprint density at radius 3 is 2.38 bits per heavy atom. The lowest BCUT2D eigenvalue weighted by Crippen LogP contribution is -2.51. The molecule has 1 aliphatic rings. The summed E-state index contributed by atoms with van der Waals surface area (Å²) in [6, 6.07) is 5.43. The highest BCUT2D eigenvalue weighted by molar-refractivity contribution is 6.04. The number of hydrogen-bond donors (Lipinski definition) is 1. The summed E-state index contributed by atoms with van der Waals surface area (Å²) in [5.41, 5.74) is 1.51. The predicted molar refractivity (Wildman–Crippen MR) is 96.2 cm³/mol. The van der Waals surface area contributed by atoms with Crippen molar-refractivity contribution in [2.75, 3.05) is 45.2 Å². The van der Waals surface area contributed by atoms with Crippen molar-refractivity contribution < 1.29 is 23.9 Å². The molecule has 1 fully saturated rings. The monoisotopic (exact) mass is 363 g/mol. The summed E-state index contributed by atoms with van der Waals surface area (Å²) in [4.78, 5) is 39.3. The SMILES string of the molecule is CCOC(=O)N1CCN(C(=O)CC(=O)Nc2cc(C)ccc2OC)CC1. The van der Waals surface area contributed by atoms with E-state index >= 15 is 0 Å². The first-order valence-corrected chi connectivity index (χ1v) is 8.58. The number of ether oxygens (including phenoxy) is 2. The summed E-state index contributed by atoms with van der Waals surface area (Å²) in [6.45, 7) is 5.55. The maximum absolute atomic E-state index is 12.3. The smallest absolute Gasteiger partial charge is 0.409 e. The van der Waals surface area contributed by atoms with E-state index in [9.17, 15) is 14.4 Å². The summed E-state index contributed by atoms with van der Waals surface area (Å²) in [7, 11) is 1.52. The van der Waals surface area contributed by atoms with Gasteiger partial charge in [-0.25, -0.2) is 4.79 Å². The molecule has 0 bridgehead atoms. The summed E-state index contributed by atoms with van der Waals surface area (Å²) >= 11 is 0. The lowest BCUT2D eigenvalue weighted by Gasteiger charge is -2.34. The van der Waals surface area contributed by atoms with Crippen LogP contribution in [0.25, 0.3) is 0 Å². The van der Waals surface area contributed by atoms with Crippen LogP contribution in [-0.2, 0) is 14.3 Å². The molecule has 8 heteroatoms. The maximum Gasteiger partial charge on any atom is 0.409 e. The summed E-state index contributed by atoms with van der Waals surface area (Å²) in [5, 5.41) is 2.72. The van der Waals surface area contributed by atoms with Gasteiger partial charge in [0.2, 0.25) is 11.8 Å². The van der Waals surface area contributed by atoms with Crippen LogP contribution in [0, 0.1) is 6.92 Å². The zero-order chi connectivity index (χ0) is 19.1. The van der Waals surface area contributed by atoms with Crippen molar-refractivity contribution in [3.05, 3.63) is 23.8 Å². The topological polar surface area (TPSA) is 88.2 Å². The van der Waals surface area contributed by atoms with Crippen molar-refractivity contribution in [3.8, 4) is 5.75 Å². The van der Waals surface area contributed by atoms with E-state index in [-0.39, 0.29) is 18.4 Å². The molecule has 26 heavy (non-hydrogen) atoms. The van der Waals surface area contributed by atoms with E-state index in [1.165, 1.54) is 7.11 Å². The average molecular weight is 363 g/mol. The molecule has 2 rings (SSSR count). The van der Waals surface area contributed by atoms with Gasteiger partial charge in [-0.2, -0.15) is 0 Å². The first-order chi connectivity index (χ1) is 12.4. The second-order valence-corrected chi connectivity index (χ2v) is 6.00. The van der Waals surface area contributed by atoms with Crippen LogP contribution in [0.1, 0.15) is 18.9 Å². The van der Waals surface area contributed by atoms with Gasteiger partial charge in [-0.3, -0.25) is 9.59 Å². The van der Waals surface area contributed by atoms with Gasteiger partial charge in [0.1, 0.15) is 12.2 Å². The Morgan fingerprint density at radius 1 is 1.12 bits per heavy atom. The Bertz CT molecular complexity index is 669. The zero-order valence-corrected chi connectivity index (χ0v) is 15.4. The van der Waals surface area contributed by atoms with E-state index in [2.05, 4.69) is 5.32 Å². The summed E-state index contributed by atoms with van der Waals surface area (Å²) in [5.74, 6) is -0.121. The predicted octanol–water partition coefficient (Wildman–Crippen LogP) is 1.63. The van der Waals surface area contributed by atoms with Crippen LogP contribution in [0.5, 0.6) is 5.75 Å². The number of nitrogens with zero attached hydrogens (tertiary/aromatic N) is 2. The molecule has 1 heterocycles. The molecule has 1 aromatic carbocycles. The average Bonchev–Trinajstić information content (AvgIpc) is 2.62. The van der Waals surface area contributed by atoms with E-state index in [4.69, 9.17) is 9.47 Å². The van der Waals surface area contributed by atoms with Crippen LogP contribution < -0.4 is 10.1 Å². The minimum atomic E-state index is -0.397. The standard InChI is InChI=1S/C18H25N3O5/c1-4-26-18(24)21-9-7-20(8-10-21)17(23)12-16(22)19-14-11-13(2)5-6-15(14)25-3/h5-6,11H,4,7-10,12H2,1-3H3,(H,19,22). The number of piperazine rings is 1. The number of anilines is 1. The van der Waals surface area contributed by atoms with Crippen LogP contribution in [0.3, 0.4) is 0 Å². The third kappa shape index (κ3) is 5.11. The molecule has 8 nitrogen and oxygen atoms in total. The number of aryl methyl sites for hydroxylation is 1. The number of amides is 3. The van der Waals surface area contributed by atoms with Crippen LogP contribution in [-0.4, -0.2) is 67.6 Å². The van der Waals surface area contributed by atoms with Crippen molar-refractivity contribution in [3.63, 3.8) is 0 Å². The van der Waals surface area contributed by atoms with Gasteiger partial charge in [-0.1, -0.05) is 6.07 Å². The number of methoxy groups -OCH3 is 1. The molecule has 0 radical (unpaired) electrons. The molecule has 1 aliphatic heterocycles. The number of hydrogen-bond acceptors (Lipinski definition) is 5. The molecule has 0 aliphatic carbocycles. The van der Waals surface area contributed by atoms with Crippen LogP contribution in [0.2, 0.25) is 0 Å². The Labute approximate surface area is 153 Å². The minimum Gasteiger partial charge on any atom is -0.495 e. The van der Waals surface area contributed by atoms with Crippen molar-refractivity contribution in [2.45, 2.75) is 20.3 Å². The van der Waals surface area contributed by atoms with Gasteiger partial charge in [0, 0.05) is 26.2 Å². The fourth-order valence-corrected chi connectivity index (χ4v) is 2.72. The van der Waals surface area contributed by atoms with Crippen LogP contribution >= 0.6 is 0 Å². The van der Waals surface area contributed by atoms with Crippen LogP contribution in [0.4, 0.5) is 10.5 Å². The van der Waals surface area contributed by atoms with Crippen molar-refractivity contribution in [2.24, 2.45) is 0 Å². The second kappa shape index (κ2) is 9.07. The number of carbonyl (C=O) groups is 3. The molecule has 142 valence electrons. The van der Waals surface area contributed by atoms with Crippen LogP contribution in [0.15, 0.2) is 18.2 Å². The zero-order valence-electron chi connectivity index (χ0n) is 15.4. The van der Waals surface area contributed by atoms with Gasteiger partial charge >= 0.3 is 6.09 Å². The molecule has 1 aromatic rings. The van der Waals surface area contributed by atoms with Gasteiger partial charge in [-0.15, -0.1) is 0 Å². The van der Waals surface area contributed by atoms with E-state index < -0.39 is 5.91 Å². The number of carbonyl (C=O) groups excluding carboxylic acids is 3. The molecule has 0 unspecified atom stereocenters. The molecule has 0 aromatic heterocycles. The van der Waals surface area contributed by atoms with Crippen molar-refractivity contribution >= 4 is 23.6 Å². The van der Waals surface area contributed by atoms with E-state index in [1.807, 2.05) is 13.0 Å². The van der Waals surface area contributed by atoms with E-state index in [0.717, 1.165) is 5.56 Å². The molecular weight excluding hydrogens is 338 g/mol. The Morgan fingerprint density at radius 2 is 1.77 bits per heavy atom. The Kier molecular flexibility index (Phi) is 6.82. The minimum absolute atomic E-state index is 0.253. The fourth-order valence-electron chi connectivity index (χ4n) is 2.72. The molecule has 3 amide bonds. The second-order valence-electron chi connectivity index (χ2n) is 6.00. The fraction of sp³-hybridized carbons (Fsp3) is 0.500. The Balaban J connectivity index is 1.86. The molecule has 1 saturated heterocycles. The first-order valence-electron chi connectivity index (χ1n) is 8.58. The highest BCUT2D eigenvalue weighted by Crippen LogP contribution is 2.25. The number of nitrogens with one attached hydrogen (secondary N) is 1. The van der Waals surface area contributed by atoms with Gasteiger partial charge < -0.3 is 24.6 Å². The third-order valence-electron chi connectivity index (χ3n) is 4.10. The highest BCUT2D eigenvalue weighted by atomic mass is 16.6. The lowest BCUT2D eigenvalue weighted by atomic mass is 10.2. The third-order valence-corrected chi connectivity index (χ3v) is 4.10. The normalized spacial score (nSPS) is 14.0. The lowest BCUT2D eigenvalue weighted by molar-refractivity contribution is -0.135. The van der Waals surface area contributed by atoms with Crippen molar-refractivity contribution in [1.82, 2.24) is 9.80 Å². The highest BCUT2D eigenvalue weighted by Gasteiger charge is 2.26. The quantitative estimate of drug-likeness (QED) is 0.804. The maximum atomic E-state index is 12.3. The van der Waals surface area contributed by atoms with Gasteiger partial charge in [0.25, 0.3) is 0 Å². The first kappa shape index (κ1) is 19.6. The molecule has 0 saturated carbocycles. The Hall–Kier alpha value is -2.77. The largest absolute Gasteiger partial charge is 0.495 e. The molecular formula is C18H25N3O5. The van der Waals surface area contributed by atoms with Gasteiger partial charge in [0.05, 0.1) is 19.4 Å².